The maximum atomic E-state index is 14.6. The zero-order valence-electron chi connectivity index (χ0n) is 19.1. The number of rotatable bonds is 6. The molecule has 2 aliphatic carbocycles. The smallest absolute Gasteiger partial charge is 0.396 e. The lowest BCUT2D eigenvalue weighted by Gasteiger charge is -2.17. The number of oxazole rings is 1. The summed E-state index contributed by atoms with van der Waals surface area (Å²) in [7, 11) is 0. The van der Waals surface area contributed by atoms with Crippen LogP contribution in [-0.4, -0.2) is 49.0 Å². The van der Waals surface area contributed by atoms with Crippen molar-refractivity contribution in [3.05, 3.63) is 35.2 Å². The summed E-state index contributed by atoms with van der Waals surface area (Å²) in [6.07, 6.45) is -3.04. The third-order valence-electron chi connectivity index (χ3n) is 7.48. The first-order valence-electron chi connectivity index (χ1n) is 12.0. The molecule has 194 valence electrons. The maximum Gasteiger partial charge on any atom is 0.396 e. The summed E-state index contributed by atoms with van der Waals surface area (Å²) >= 11 is 0. The molecule has 12 heteroatoms. The molecule has 1 aromatic heterocycles. The fourth-order valence-electron chi connectivity index (χ4n) is 5.65. The van der Waals surface area contributed by atoms with Gasteiger partial charge in [0.05, 0.1) is 12.2 Å². The zero-order valence-corrected chi connectivity index (χ0v) is 19.1. The second-order valence-electron chi connectivity index (χ2n) is 10.1. The molecule has 2 saturated heterocycles. The number of alkyl halides is 3. The Morgan fingerprint density at radius 3 is 2.50 bits per heavy atom. The Morgan fingerprint density at radius 2 is 1.83 bits per heavy atom. The van der Waals surface area contributed by atoms with Gasteiger partial charge >= 0.3 is 6.18 Å². The molecule has 0 bridgehead atoms. The molecule has 3 heterocycles. The molecule has 2 saturated carbocycles. The van der Waals surface area contributed by atoms with Gasteiger partial charge in [0.2, 0.25) is 0 Å². The van der Waals surface area contributed by atoms with E-state index in [9.17, 15) is 26.7 Å². The third kappa shape index (κ3) is 4.62. The Labute approximate surface area is 202 Å². The van der Waals surface area contributed by atoms with Gasteiger partial charge in [-0.25, -0.2) is 8.78 Å². The summed E-state index contributed by atoms with van der Waals surface area (Å²) < 4.78 is 85.2. The van der Waals surface area contributed by atoms with Gasteiger partial charge in [0, 0.05) is 43.4 Å². The number of nitrogens with zero attached hydrogens (tertiary/aromatic N) is 2. The van der Waals surface area contributed by atoms with Crippen LogP contribution in [0.15, 0.2) is 16.5 Å². The zero-order chi connectivity index (χ0) is 25.2. The molecule has 2 unspecified atom stereocenters. The van der Waals surface area contributed by atoms with Gasteiger partial charge in [0.15, 0.2) is 23.1 Å². The minimum Gasteiger partial charge on any atom is -0.484 e. The molecule has 1 aromatic carbocycles. The van der Waals surface area contributed by atoms with Crippen LogP contribution in [0.5, 0.6) is 5.75 Å². The highest BCUT2D eigenvalue weighted by Crippen LogP contribution is 2.52. The van der Waals surface area contributed by atoms with E-state index in [0.717, 1.165) is 37.8 Å². The van der Waals surface area contributed by atoms with Crippen molar-refractivity contribution in [2.75, 3.05) is 29.9 Å². The van der Waals surface area contributed by atoms with Crippen LogP contribution in [0.3, 0.4) is 0 Å². The normalized spacial score (nSPS) is 28.8. The molecular weight excluding hydrogens is 489 g/mol. The molecule has 4 fully saturated rings. The van der Waals surface area contributed by atoms with Crippen LogP contribution in [0.2, 0.25) is 0 Å². The van der Waals surface area contributed by atoms with Crippen LogP contribution < -0.4 is 15.0 Å². The minimum atomic E-state index is -4.66. The van der Waals surface area contributed by atoms with Gasteiger partial charge in [0.25, 0.3) is 11.9 Å². The number of carbonyl (C=O) groups excluding carboxylic acids is 1. The van der Waals surface area contributed by atoms with Crippen molar-refractivity contribution in [1.29, 1.82) is 0 Å². The summed E-state index contributed by atoms with van der Waals surface area (Å²) in [5.74, 6) is -2.95. The molecule has 0 spiro atoms. The van der Waals surface area contributed by atoms with Gasteiger partial charge in [-0.05, 0) is 37.5 Å². The first-order chi connectivity index (χ1) is 17.1. The van der Waals surface area contributed by atoms with Crippen LogP contribution >= 0.6 is 0 Å². The number of ether oxygens (including phenoxy) is 2. The summed E-state index contributed by atoms with van der Waals surface area (Å²) in [5.41, 5.74) is -0.866. The lowest BCUT2D eigenvalue weighted by Crippen LogP contribution is -2.23. The summed E-state index contributed by atoms with van der Waals surface area (Å²) in [5, 5.41) is 2.24. The molecule has 2 aliphatic heterocycles. The average molecular weight is 513 g/mol. The van der Waals surface area contributed by atoms with E-state index in [0.29, 0.717) is 31.5 Å². The van der Waals surface area contributed by atoms with Gasteiger partial charge in [-0.2, -0.15) is 18.2 Å². The average Bonchev–Trinajstić information content (AvgIpc) is 3.22. The van der Waals surface area contributed by atoms with Gasteiger partial charge in [-0.3, -0.25) is 4.79 Å². The topological polar surface area (TPSA) is 76.8 Å². The lowest BCUT2D eigenvalue weighted by atomic mass is 10.1. The summed E-state index contributed by atoms with van der Waals surface area (Å²) in [6, 6.07) is 1.62. The van der Waals surface area contributed by atoms with Crippen molar-refractivity contribution in [3.63, 3.8) is 0 Å². The molecule has 4 aliphatic rings. The van der Waals surface area contributed by atoms with E-state index < -0.39 is 47.3 Å². The third-order valence-corrected chi connectivity index (χ3v) is 7.48. The van der Waals surface area contributed by atoms with Crippen LogP contribution in [0.4, 0.5) is 33.7 Å². The number of hydrogen-bond donors (Lipinski definition) is 1. The van der Waals surface area contributed by atoms with Gasteiger partial charge in [-0.1, -0.05) is 0 Å². The Kier molecular flexibility index (Phi) is 5.62. The largest absolute Gasteiger partial charge is 0.484 e. The number of benzene rings is 1. The number of hydrogen-bond acceptors (Lipinski definition) is 6. The fourth-order valence-corrected chi connectivity index (χ4v) is 5.65. The predicted molar refractivity (Wildman–Crippen MR) is 116 cm³/mol. The van der Waals surface area contributed by atoms with Crippen molar-refractivity contribution in [1.82, 2.24) is 4.98 Å². The molecule has 5 atom stereocenters. The molecule has 1 amide bonds. The number of fused-ring (bicyclic) bond motifs is 2. The Balaban J connectivity index is 1.20. The van der Waals surface area contributed by atoms with Crippen molar-refractivity contribution in [3.8, 4) is 5.75 Å². The van der Waals surface area contributed by atoms with Crippen LogP contribution in [0.25, 0.3) is 0 Å². The van der Waals surface area contributed by atoms with Crippen LogP contribution in [0.1, 0.15) is 41.9 Å². The number of aromatic nitrogens is 1. The highest BCUT2D eigenvalue weighted by atomic mass is 19.4. The first kappa shape index (κ1) is 23.5. The number of anilines is 2. The monoisotopic (exact) mass is 513 g/mol. The van der Waals surface area contributed by atoms with E-state index in [1.165, 1.54) is 0 Å². The Hall–Kier alpha value is -2.89. The molecule has 2 aromatic rings. The predicted octanol–water partition coefficient (Wildman–Crippen LogP) is 4.71. The van der Waals surface area contributed by atoms with E-state index in [-0.39, 0.29) is 29.8 Å². The van der Waals surface area contributed by atoms with Gasteiger partial charge in [-0.15, -0.1) is 0 Å². The van der Waals surface area contributed by atoms with E-state index in [1.807, 2.05) is 0 Å². The molecule has 0 radical (unpaired) electrons. The molecular formula is C24H24F5N3O4. The fraction of sp³-hybridized carbons (Fsp3) is 0.583. The second-order valence-corrected chi connectivity index (χ2v) is 10.1. The van der Waals surface area contributed by atoms with Crippen molar-refractivity contribution >= 4 is 17.6 Å². The first-order valence-corrected chi connectivity index (χ1v) is 12.0. The van der Waals surface area contributed by atoms with Crippen molar-refractivity contribution < 1.29 is 40.6 Å². The molecule has 36 heavy (non-hydrogen) atoms. The van der Waals surface area contributed by atoms with Crippen LogP contribution in [-0.2, 0) is 11.2 Å². The van der Waals surface area contributed by atoms with E-state index >= 15 is 0 Å². The van der Waals surface area contributed by atoms with Crippen molar-refractivity contribution in [2.24, 2.45) is 17.8 Å². The van der Waals surface area contributed by atoms with E-state index in [4.69, 9.17) is 13.9 Å². The Morgan fingerprint density at radius 1 is 1.11 bits per heavy atom. The number of nitrogens with one attached hydrogen (secondary N) is 1. The SMILES string of the molecule is O=C(Nc1cc(F)c(OC2CC3C[C@H]3C2)c(F)c1)c1nc(N2C[C@@H]3CCO[C@@H]3C2)oc1CC(F)(F)F. The maximum absolute atomic E-state index is 14.6. The minimum absolute atomic E-state index is 0.0676. The van der Waals surface area contributed by atoms with Crippen molar-refractivity contribution in [2.45, 2.75) is 50.5 Å². The highest BCUT2D eigenvalue weighted by Gasteiger charge is 2.47. The second kappa shape index (κ2) is 8.60. The standard InChI is InChI=1S/C24H24F5N3O4/c25-16-6-14(7-17(26)21(16)35-15-4-12-3-13(12)5-15)30-22(33)20-18(8-24(27,28)29)36-23(31-20)32-9-11-1-2-34-19(11)10-32/h6-7,11-13,15,19H,1-5,8-10H2,(H,30,33)/t11-,12-,13?,15?,19+/m0/s1. The lowest BCUT2D eigenvalue weighted by molar-refractivity contribution is -0.130. The summed E-state index contributed by atoms with van der Waals surface area (Å²) in [4.78, 5) is 18.5. The molecule has 7 nitrogen and oxygen atoms in total. The number of carbonyl (C=O) groups is 1. The highest BCUT2D eigenvalue weighted by molar-refractivity contribution is 6.03. The molecule has 6 rings (SSSR count). The quantitative estimate of drug-likeness (QED) is 0.564. The number of halogens is 5. The van der Waals surface area contributed by atoms with E-state index in [2.05, 4.69) is 10.3 Å². The van der Waals surface area contributed by atoms with Crippen LogP contribution in [0, 0.1) is 29.4 Å². The number of amides is 1. The summed E-state index contributed by atoms with van der Waals surface area (Å²) in [6.45, 7) is 1.50. The Bertz CT molecular complexity index is 1140. The van der Waals surface area contributed by atoms with Gasteiger partial charge < -0.3 is 24.1 Å². The van der Waals surface area contributed by atoms with E-state index in [1.54, 1.807) is 4.90 Å². The van der Waals surface area contributed by atoms with Gasteiger partial charge in [0.1, 0.15) is 12.2 Å². The molecule has 1 N–H and O–H groups in total.